The number of aryl methyl sites for hydroxylation is 1. The summed E-state index contributed by atoms with van der Waals surface area (Å²) in [5.74, 6) is -0.518. The molecule has 0 aromatic carbocycles. The number of carbonyl (C=O) groups is 2. The number of H-pyrrole nitrogens is 1. The van der Waals surface area contributed by atoms with Crippen molar-refractivity contribution in [2.24, 2.45) is 5.41 Å². The predicted octanol–water partition coefficient (Wildman–Crippen LogP) is 0.488. The molecular formula is C11H16N4O3. The number of carbonyl (C=O) groups excluding carboxylic acids is 1. The molecule has 0 saturated heterocycles. The van der Waals surface area contributed by atoms with Crippen LogP contribution in [-0.2, 0) is 4.79 Å². The van der Waals surface area contributed by atoms with Gasteiger partial charge in [-0.3, -0.25) is 14.7 Å². The van der Waals surface area contributed by atoms with Gasteiger partial charge in [-0.05, 0) is 25.2 Å². The molecular weight excluding hydrogens is 236 g/mol. The van der Waals surface area contributed by atoms with E-state index in [4.69, 9.17) is 5.11 Å². The average molecular weight is 252 g/mol. The Hall–Kier alpha value is -1.92. The molecule has 1 amide bonds. The third-order valence-corrected chi connectivity index (χ3v) is 3.36. The molecule has 0 aliphatic heterocycles. The van der Waals surface area contributed by atoms with Gasteiger partial charge < -0.3 is 10.4 Å². The first kappa shape index (κ1) is 12.5. The van der Waals surface area contributed by atoms with E-state index in [2.05, 4.69) is 20.5 Å². The van der Waals surface area contributed by atoms with Gasteiger partial charge in [-0.1, -0.05) is 6.42 Å². The van der Waals surface area contributed by atoms with Gasteiger partial charge in [-0.25, -0.2) is 4.98 Å². The van der Waals surface area contributed by atoms with Crippen molar-refractivity contribution >= 4 is 11.9 Å². The minimum Gasteiger partial charge on any atom is -0.481 e. The van der Waals surface area contributed by atoms with Crippen LogP contribution in [0.2, 0.25) is 0 Å². The van der Waals surface area contributed by atoms with Crippen molar-refractivity contribution in [2.75, 3.05) is 6.54 Å². The number of aliphatic carboxylic acids is 1. The molecule has 0 atom stereocenters. The summed E-state index contributed by atoms with van der Waals surface area (Å²) in [6.07, 6.45) is 2.79. The average Bonchev–Trinajstić information content (AvgIpc) is 2.68. The molecule has 1 fully saturated rings. The molecule has 1 aliphatic rings. The van der Waals surface area contributed by atoms with Crippen molar-refractivity contribution in [1.82, 2.24) is 20.5 Å². The third kappa shape index (κ3) is 2.66. The highest BCUT2D eigenvalue weighted by Gasteiger charge is 2.39. The molecule has 3 N–H and O–H groups in total. The van der Waals surface area contributed by atoms with Crippen LogP contribution < -0.4 is 5.32 Å². The Morgan fingerprint density at radius 1 is 1.50 bits per heavy atom. The van der Waals surface area contributed by atoms with E-state index in [1.54, 1.807) is 6.92 Å². The molecule has 0 spiro atoms. The van der Waals surface area contributed by atoms with Crippen molar-refractivity contribution in [1.29, 1.82) is 0 Å². The number of hydrogen-bond donors (Lipinski definition) is 3. The Balaban J connectivity index is 1.90. The van der Waals surface area contributed by atoms with E-state index < -0.39 is 5.97 Å². The minimum absolute atomic E-state index is 0.0947. The van der Waals surface area contributed by atoms with Crippen LogP contribution in [0.4, 0.5) is 0 Å². The van der Waals surface area contributed by atoms with Crippen LogP contribution in [0.1, 0.15) is 42.1 Å². The number of aromatic nitrogens is 3. The van der Waals surface area contributed by atoms with Gasteiger partial charge in [0.1, 0.15) is 5.82 Å². The predicted molar refractivity (Wildman–Crippen MR) is 62.0 cm³/mol. The largest absolute Gasteiger partial charge is 0.481 e. The summed E-state index contributed by atoms with van der Waals surface area (Å²) in [5, 5.41) is 17.9. The molecule has 1 aliphatic carbocycles. The van der Waals surface area contributed by atoms with Gasteiger partial charge in [0.25, 0.3) is 5.91 Å². The maximum atomic E-state index is 11.7. The van der Waals surface area contributed by atoms with Crippen LogP contribution in [0, 0.1) is 12.3 Å². The first-order valence-corrected chi connectivity index (χ1v) is 5.90. The lowest BCUT2D eigenvalue weighted by Crippen LogP contribution is -2.43. The van der Waals surface area contributed by atoms with Gasteiger partial charge in [0.15, 0.2) is 0 Å². The molecule has 7 heteroatoms. The number of hydrogen-bond acceptors (Lipinski definition) is 4. The molecule has 98 valence electrons. The summed E-state index contributed by atoms with van der Waals surface area (Å²) < 4.78 is 0. The summed E-state index contributed by atoms with van der Waals surface area (Å²) in [6.45, 7) is 2.08. The summed E-state index contributed by atoms with van der Waals surface area (Å²) in [6, 6.07) is 0. The fourth-order valence-corrected chi connectivity index (χ4v) is 2.20. The van der Waals surface area contributed by atoms with Crippen LogP contribution in [-0.4, -0.2) is 38.7 Å². The van der Waals surface area contributed by atoms with Crippen LogP contribution in [0.15, 0.2) is 0 Å². The fourth-order valence-electron chi connectivity index (χ4n) is 2.20. The second kappa shape index (κ2) is 4.75. The van der Waals surface area contributed by atoms with Crippen LogP contribution in [0.5, 0.6) is 0 Å². The van der Waals surface area contributed by atoms with E-state index in [1.807, 2.05) is 0 Å². The standard InChI is InChI=1S/C11H16N4O3/c1-7-13-9(15-14-7)10(18)12-6-11(3-2-4-11)5-8(16)17/h2-6H2,1H3,(H,12,18)(H,16,17)(H,13,14,15). The SMILES string of the molecule is Cc1nc(C(=O)NCC2(CC(=O)O)CCC2)n[nH]1. The number of nitrogens with zero attached hydrogens (tertiary/aromatic N) is 2. The Kier molecular flexibility index (Phi) is 3.31. The number of rotatable bonds is 5. The molecule has 2 rings (SSSR count). The van der Waals surface area contributed by atoms with Crippen molar-refractivity contribution in [2.45, 2.75) is 32.6 Å². The fraction of sp³-hybridized carbons (Fsp3) is 0.636. The summed E-state index contributed by atoms with van der Waals surface area (Å²) in [5.41, 5.74) is -0.285. The zero-order valence-electron chi connectivity index (χ0n) is 10.2. The minimum atomic E-state index is -0.822. The second-order valence-corrected chi connectivity index (χ2v) is 4.85. The lowest BCUT2D eigenvalue weighted by Gasteiger charge is -2.40. The number of aromatic amines is 1. The Morgan fingerprint density at radius 3 is 2.67 bits per heavy atom. The normalized spacial score (nSPS) is 16.9. The van der Waals surface area contributed by atoms with Crippen LogP contribution in [0.3, 0.4) is 0 Å². The topological polar surface area (TPSA) is 108 Å². The highest BCUT2D eigenvalue weighted by Crippen LogP contribution is 2.43. The van der Waals surface area contributed by atoms with E-state index in [0.29, 0.717) is 12.4 Å². The molecule has 0 bridgehead atoms. The van der Waals surface area contributed by atoms with Crippen molar-refractivity contribution in [3.63, 3.8) is 0 Å². The second-order valence-electron chi connectivity index (χ2n) is 4.85. The summed E-state index contributed by atoms with van der Waals surface area (Å²) >= 11 is 0. The molecule has 18 heavy (non-hydrogen) atoms. The lowest BCUT2D eigenvalue weighted by atomic mass is 9.66. The highest BCUT2D eigenvalue weighted by molar-refractivity contribution is 5.90. The van der Waals surface area contributed by atoms with Gasteiger partial charge in [0.05, 0.1) is 6.42 Å². The first-order valence-electron chi connectivity index (χ1n) is 5.90. The Morgan fingerprint density at radius 2 is 2.22 bits per heavy atom. The van der Waals surface area contributed by atoms with Crippen LogP contribution >= 0.6 is 0 Å². The zero-order valence-corrected chi connectivity index (χ0v) is 10.2. The van der Waals surface area contributed by atoms with Crippen molar-refractivity contribution < 1.29 is 14.7 Å². The molecule has 7 nitrogen and oxygen atoms in total. The van der Waals surface area contributed by atoms with Gasteiger partial charge in [0.2, 0.25) is 5.82 Å². The number of carboxylic acids is 1. The number of carboxylic acid groups (broad SMARTS) is 1. The van der Waals surface area contributed by atoms with Crippen molar-refractivity contribution in [3.05, 3.63) is 11.6 Å². The zero-order chi connectivity index (χ0) is 13.2. The van der Waals surface area contributed by atoms with E-state index in [-0.39, 0.29) is 23.6 Å². The molecule has 1 aromatic heterocycles. The number of nitrogens with one attached hydrogen (secondary N) is 2. The molecule has 0 radical (unpaired) electrons. The van der Waals surface area contributed by atoms with Gasteiger partial charge in [-0.2, -0.15) is 0 Å². The van der Waals surface area contributed by atoms with E-state index in [1.165, 1.54) is 0 Å². The summed E-state index contributed by atoms with van der Waals surface area (Å²) in [7, 11) is 0. The highest BCUT2D eigenvalue weighted by atomic mass is 16.4. The van der Waals surface area contributed by atoms with Gasteiger partial charge in [0, 0.05) is 6.54 Å². The maximum Gasteiger partial charge on any atom is 0.303 e. The van der Waals surface area contributed by atoms with Crippen LogP contribution in [0.25, 0.3) is 0 Å². The quantitative estimate of drug-likeness (QED) is 0.706. The van der Waals surface area contributed by atoms with Gasteiger partial charge >= 0.3 is 5.97 Å². The lowest BCUT2D eigenvalue weighted by molar-refractivity contribution is -0.141. The smallest absolute Gasteiger partial charge is 0.303 e. The van der Waals surface area contributed by atoms with Crippen molar-refractivity contribution in [3.8, 4) is 0 Å². The van der Waals surface area contributed by atoms with Gasteiger partial charge in [-0.15, -0.1) is 5.10 Å². The summed E-state index contributed by atoms with van der Waals surface area (Å²) in [4.78, 5) is 26.4. The maximum absolute atomic E-state index is 11.7. The van der Waals surface area contributed by atoms with E-state index in [0.717, 1.165) is 19.3 Å². The molecule has 1 saturated carbocycles. The molecule has 1 aromatic rings. The van der Waals surface area contributed by atoms with E-state index >= 15 is 0 Å². The molecule has 1 heterocycles. The first-order chi connectivity index (χ1) is 8.51. The Bertz CT molecular complexity index is 465. The number of amides is 1. The Labute approximate surface area is 104 Å². The van der Waals surface area contributed by atoms with E-state index in [9.17, 15) is 9.59 Å². The third-order valence-electron chi connectivity index (χ3n) is 3.36. The molecule has 0 unspecified atom stereocenters. The monoisotopic (exact) mass is 252 g/mol.